The Bertz CT molecular complexity index is 810. The molecule has 170 valence electrons. The van der Waals surface area contributed by atoms with Crippen LogP contribution in [0.2, 0.25) is 0 Å². The fourth-order valence-electron chi connectivity index (χ4n) is 4.93. The summed E-state index contributed by atoms with van der Waals surface area (Å²) in [6.07, 6.45) is 9.51. The molecule has 9 heteroatoms. The Morgan fingerprint density at radius 1 is 1.13 bits per heavy atom. The van der Waals surface area contributed by atoms with Gasteiger partial charge in [-0.2, -0.15) is 4.31 Å². The van der Waals surface area contributed by atoms with Crippen molar-refractivity contribution in [1.29, 1.82) is 0 Å². The number of hydrogen-bond acceptors (Lipinski definition) is 5. The molecule has 1 aromatic heterocycles. The van der Waals surface area contributed by atoms with E-state index in [1.807, 2.05) is 0 Å². The summed E-state index contributed by atoms with van der Waals surface area (Å²) in [5.74, 6) is 0.694. The van der Waals surface area contributed by atoms with Crippen LogP contribution in [0, 0.1) is 6.92 Å². The SMILES string of the molecule is CCCN1CCCN(S(=O)(=O)c2cn(C)c(C)n2)CCNC(=O)CC12CCCCC2. The van der Waals surface area contributed by atoms with Gasteiger partial charge in [0.25, 0.3) is 10.0 Å². The quantitative estimate of drug-likeness (QED) is 0.776. The third-order valence-electron chi connectivity index (χ3n) is 6.65. The Balaban J connectivity index is 1.82. The van der Waals surface area contributed by atoms with E-state index >= 15 is 0 Å². The molecule has 3 rings (SSSR count). The van der Waals surface area contributed by atoms with Crippen LogP contribution in [0.25, 0.3) is 0 Å². The molecule has 1 aliphatic carbocycles. The summed E-state index contributed by atoms with van der Waals surface area (Å²) in [7, 11) is -1.90. The van der Waals surface area contributed by atoms with Gasteiger partial charge in [-0.05, 0) is 45.7 Å². The first-order valence-corrected chi connectivity index (χ1v) is 12.7. The van der Waals surface area contributed by atoms with E-state index in [1.54, 1.807) is 24.7 Å². The number of imidazole rings is 1. The van der Waals surface area contributed by atoms with E-state index < -0.39 is 10.0 Å². The fourth-order valence-corrected chi connectivity index (χ4v) is 6.43. The lowest BCUT2D eigenvalue weighted by atomic mass is 9.77. The molecule has 0 radical (unpaired) electrons. The van der Waals surface area contributed by atoms with Crippen molar-refractivity contribution < 1.29 is 13.2 Å². The van der Waals surface area contributed by atoms with Gasteiger partial charge in [-0.3, -0.25) is 9.69 Å². The number of carbonyl (C=O) groups excluding carboxylic acids is 1. The van der Waals surface area contributed by atoms with Crippen molar-refractivity contribution in [2.45, 2.75) is 75.8 Å². The molecule has 2 aliphatic rings. The highest BCUT2D eigenvalue weighted by Gasteiger charge is 2.39. The van der Waals surface area contributed by atoms with Gasteiger partial charge in [0.15, 0.2) is 5.03 Å². The molecule has 0 aromatic carbocycles. The second kappa shape index (κ2) is 9.78. The molecule has 1 saturated carbocycles. The second-order valence-electron chi connectivity index (χ2n) is 8.79. The summed E-state index contributed by atoms with van der Waals surface area (Å²) < 4.78 is 29.6. The van der Waals surface area contributed by atoms with Crippen molar-refractivity contribution in [3.8, 4) is 0 Å². The number of nitrogens with zero attached hydrogens (tertiary/aromatic N) is 4. The number of hydrogen-bond donors (Lipinski definition) is 1. The zero-order chi connectivity index (χ0) is 21.8. The molecule has 1 aromatic rings. The third-order valence-corrected chi connectivity index (χ3v) is 8.42. The van der Waals surface area contributed by atoms with Crippen molar-refractivity contribution in [3.05, 3.63) is 12.0 Å². The second-order valence-corrected chi connectivity index (χ2v) is 10.7. The van der Waals surface area contributed by atoms with E-state index in [4.69, 9.17) is 0 Å². The maximum Gasteiger partial charge on any atom is 0.262 e. The molecule has 1 saturated heterocycles. The predicted molar refractivity (Wildman–Crippen MR) is 117 cm³/mol. The zero-order valence-corrected chi connectivity index (χ0v) is 19.5. The lowest BCUT2D eigenvalue weighted by Crippen LogP contribution is -2.53. The topological polar surface area (TPSA) is 87.5 Å². The predicted octanol–water partition coefficient (Wildman–Crippen LogP) is 2.04. The first-order valence-electron chi connectivity index (χ1n) is 11.3. The van der Waals surface area contributed by atoms with Crippen LogP contribution in [-0.4, -0.2) is 71.3 Å². The highest BCUT2D eigenvalue weighted by Crippen LogP contribution is 2.37. The third kappa shape index (κ3) is 5.06. The maximum absolute atomic E-state index is 13.2. The standard InChI is InChI=1S/C21H37N5O3S/c1-4-12-25-13-8-14-26(30(28,29)20-17-24(3)18(2)23-20)15-11-22-19(27)16-21(25)9-6-5-7-10-21/h17H,4-16H2,1-3H3,(H,22,27). The molecule has 0 atom stereocenters. The lowest BCUT2D eigenvalue weighted by molar-refractivity contribution is -0.125. The van der Waals surface area contributed by atoms with Crippen LogP contribution in [-0.2, 0) is 21.9 Å². The molecule has 1 N–H and O–H groups in total. The van der Waals surface area contributed by atoms with E-state index in [2.05, 4.69) is 22.1 Å². The van der Waals surface area contributed by atoms with Crippen LogP contribution in [0.1, 0.15) is 64.1 Å². The monoisotopic (exact) mass is 439 g/mol. The molecular formula is C21H37N5O3S. The van der Waals surface area contributed by atoms with Crippen LogP contribution in [0.15, 0.2) is 11.2 Å². The average molecular weight is 440 g/mol. The molecule has 8 nitrogen and oxygen atoms in total. The van der Waals surface area contributed by atoms with Gasteiger partial charge in [0.1, 0.15) is 5.82 Å². The zero-order valence-electron chi connectivity index (χ0n) is 18.7. The first kappa shape index (κ1) is 23.2. The van der Waals surface area contributed by atoms with Crippen LogP contribution >= 0.6 is 0 Å². The Hall–Kier alpha value is -1.45. The Kier molecular flexibility index (Phi) is 7.57. The maximum atomic E-state index is 13.2. The molecule has 0 unspecified atom stereocenters. The molecule has 1 aliphatic heterocycles. The minimum absolute atomic E-state index is 0.0333. The minimum Gasteiger partial charge on any atom is -0.355 e. The van der Waals surface area contributed by atoms with Crippen molar-refractivity contribution in [2.24, 2.45) is 7.05 Å². The van der Waals surface area contributed by atoms with Gasteiger partial charge >= 0.3 is 0 Å². The summed E-state index contributed by atoms with van der Waals surface area (Å²) >= 11 is 0. The average Bonchev–Trinajstić information content (AvgIpc) is 3.04. The van der Waals surface area contributed by atoms with Gasteiger partial charge in [0, 0.05) is 44.8 Å². The van der Waals surface area contributed by atoms with Gasteiger partial charge in [-0.1, -0.05) is 26.2 Å². The normalized spacial score (nSPS) is 22.6. The Morgan fingerprint density at radius 3 is 2.50 bits per heavy atom. The van der Waals surface area contributed by atoms with E-state index in [-0.39, 0.29) is 23.0 Å². The van der Waals surface area contributed by atoms with Crippen LogP contribution in [0.4, 0.5) is 0 Å². The molecule has 1 spiro atoms. The van der Waals surface area contributed by atoms with Crippen LogP contribution in [0.3, 0.4) is 0 Å². The Morgan fingerprint density at radius 2 is 1.87 bits per heavy atom. The Labute approximate surface area is 181 Å². The summed E-state index contributed by atoms with van der Waals surface area (Å²) in [6.45, 7) is 6.75. The van der Waals surface area contributed by atoms with Crippen molar-refractivity contribution >= 4 is 15.9 Å². The van der Waals surface area contributed by atoms with Gasteiger partial charge in [-0.15, -0.1) is 0 Å². The van der Waals surface area contributed by atoms with Gasteiger partial charge in [-0.25, -0.2) is 13.4 Å². The molecule has 2 fully saturated rings. The van der Waals surface area contributed by atoms with Crippen molar-refractivity contribution in [1.82, 2.24) is 24.1 Å². The highest BCUT2D eigenvalue weighted by atomic mass is 32.2. The summed E-state index contributed by atoms with van der Waals surface area (Å²) in [5, 5.41) is 3.07. The van der Waals surface area contributed by atoms with E-state index in [0.717, 1.165) is 51.6 Å². The van der Waals surface area contributed by atoms with E-state index in [1.165, 1.54) is 10.7 Å². The molecule has 0 bridgehead atoms. The van der Waals surface area contributed by atoms with Crippen molar-refractivity contribution in [2.75, 3.05) is 32.7 Å². The van der Waals surface area contributed by atoms with Crippen molar-refractivity contribution in [3.63, 3.8) is 0 Å². The number of carbonyl (C=O) groups is 1. The number of aromatic nitrogens is 2. The number of aryl methyl sites for hydroxylation is 2. The lowest BCUT2D eigenvalue weighted by Gasteiger charge is -2.46. The van der Waals surface area contributed by atoms with Crippen LogP contribution in [0.5, 0.6) is 0 Å². The molecule has 1 amide bonds. The first-order chi connectivity index (χ1) is 14.3. The van der Waals surface area contributed by atoms with E-state index in [9.17, 15) is 13.2 Å². The smallest absolute Gasteiger partial charge is 0.262 e. The largest absolute Gasteiger partial charge is 0.355 e. The van der Waals surface area contributed by atoms with Gasteiger partial charge < -0.3 is 9.88 Å². The molecule has 30 heavy (non-hydrogen) atoms. The number of nitrogens with one attached hydrogen (secondary N) is 1. The fraction of sp³-hybridized carbons (Fsp3) is 0.810. The summed E-state index contributed by atoms with van der Waals surface area (Å²) in [6, 6.07) is 0. The summed E-state index contributed by atoms with van der Waals surface area (Å²) in [5.41, 5.74) is -0.0789. The van der Waals surface area contributed by atoms with Gasteiger partial charge in [0.2, 0.25) is 5.91 Å². The minimum atomic E-state index is -3.69. The number of sulfonamides is 1. The summed E-state index contributed by atoms with van der Waals surface area (Å²) in [4.78, 5) is 19.5. The molecular weight excluding hydrogens is 402 g/mol. The van der Waals surface area contributed by atoms with Crippen LogP contribution < -0.4 is 5.32 Å². The van der Waals surface area contributed by atoms with Gasteiger partial charge in [0.05, 0.1) is 0 Å². The highest BCUT2D eigenvalue weighted by molar-refractivity contribution is 7.89. The molecule has 2 heterocycles. The number of rotatable bonds is 4. The van der Waals surface area contributed by atoms with E-state index in [0.29, 0.717) is 25.3 Å². The number of amides is 1.